The van der Waals surface area contributed by atoms with Crippen LogP contribution in [0.4, 0.5) is 0 Å². The fourth-order valence-electron chi connectivity index (χ4n) is 3.52. The number of nitrogens with zero attached hydrogens (tertiary/aromatic N) is 1. The first kappa shape index (κ1) is 17.5. The SMILES string of the molecule is COc1cccc([C@@H]2C(C#N)=C(N)Oc3c2c(=O)oc2ccccc32)c1OC. The van der Waals surface area contributed by atoms with E-state index in [1.165, 1.54) is 14.2 Å². The molecule has 140 valence electrons. The molecule has 0 bridgehead atoms. The van der Waals surface area contributed by atoms with Gasteiger partial charge >= 0.3 is 5.63 Å². The molecule has 0 radical (unpaired) electrons. The maximum atomic E-state index is 12.9. The molecule has 7 heteroatoms. The van der Waals surface area contributed by atoms with Crippen molar-refractivity contribution >= 4 is 11.0 Å². The van der Waals surface area contributed by atoms with Crippen LogP contribution in [0.15, 0.2) is 63.1 Å². The van der Waals surface area contributed by atoms with Crippen molar-refractivity contribution in [3.8, 4) is 23.3 Å². The first-order chi connectivity index (χ1) is 13.6. The summed E-state index contributed by atoms with van der Waals surface area (Å²) >= 11 is 0. The third kappa shape index (κ3) is 2.47. The largest absolute Gasteiger partial charge is 0.493 e. The lowest BCUT2D eigenvalue weighted by Gasteiger charge is -2.27. The van der Waals surface area contributed by atoms with Crippen LogP contribution in [-0.4, -0.2) is 14.2 Å². The molecule has 2 aromatic carbocycles. The van der Waals surface area contributed by atoms with E-state index in [4.69, 9.17) is 24.4 Å². The van der Waals surface area contributed by atoms with E-state index in [1.54, 1.807) is 42.5 Å². The van der Waals surface area contributed by atoms with Crippen LogP contribution in [0, 0.1) is 11.3 Å². The van der Waals surface area contributed by atoms with Crippen molar-refractivity contribution in [3.63, 3.8) is 0 Å². The van der Waals surface area contributed by atoms with Crippen LogP contribution in [0.25, 0.3) is 11.0 Å². The molecule has 1 atom stereocenters. The van der Waals surface area contributed by atoms with Gasteiger partial charge in [0.2, 0.25) is 5.88 Å². The number of para-hydroxylation sites is 2. The van der Waals surface area contributed by atoms with Crippen molar-refractivity contribution in [2.45, 2.75) is 5.92 Å². The monoisotopic (exact) mass is 376 g/mol. The molecule has 1 aliphatic heterocycles. The molecule has 1 aliphatic rings. The van der Waals surface area contributed by atoms with Gasteiger partial charge in [0.1, 0.15) is 17.2 Å². The normalized spacial score (nSPS) is 15.5. The van der Waals surface area contributed by atoms with Crippen LogP contribution in [0.3, 0.4) is 0 Å². The highest BCUT2D eigenvalue weighted by atomic mass is 16.5. The van der Waals surface area contributed by atoms with Crippen molar-refractivity contribution in [2.75, 3.05) is 14.2 Å². The fourth-order valence-corrected chi connectivity index (χ4v) is 3.52. The predicted molar refractivity (Wildman–Crippen MR) is 101 cm³/mol. The maximum absolute atomic E-state index is 12.9. The molecule has 2 heterocycles. The second-order valence-electron chi connectivity index (χ2n) is 6.14. The minimum absolute atomic E-state index is 0.0689. The topological polar surface area (TPSA) is 108 Å². The van der Waals surface area contributed by atoms with Crippen LogP contribution >= 0.6 is 0 Å². The Hall–Kier alpha value is -3.92. The highest BCUT2D eigenvalue weighted by molar-refractivity contribution is 5.86. The molecule has 1 aromatic heterocycles. The lowest BCUT2D eigenvalue weighted by atomic mass is 9.83. The number of hydrogen-bond donors (Lipinski definition) is 1. The molecule has 2 N–H and O–H groups in total. The predicted octanol–water partition coefficient (Wildman–Crippen LogP) is 3.03. The van der Waals surface area contributed by atoms with E-state index in [1.807, 2.05) is 0 Å². The average Bonchev–Trinajstić information content (AvgIpc) is 2.72. The Balaban J connectivity index is 2.11. The Bertz CT molecular complexity index is 1220. The number of fused-ring (bicyclic) bond motifs is 3. The minimum atomic E-state index is -0.820. The summed E-state index contributed by atoms with van der Waals surface area (Å²) in [5.74, 6) is 0.253. The summed E-state index contributed by atoms with van der Waals surface area (Å²) < 4.78 is 22.1. The van der Waals surface area contributed by atoms with Crippen molar-refractivity contribution in [1.29, 1.82) is 5.26 Å². The van der Waals surface area contributed by atoms with Gasteiger partial charge in [-0.1, -0.05) is 24.3 Å². The molecule has 0 amide bonds. The first-order valence-corrected chi connectivity index (χ1v) is 8.45. The van der Waals surface area contributed by atoms with Gasteiger partial charge in [0.05, 0.1) is 31.1 Å². The summed E-state index contributed by atoms with van der Waals surface area (Å²) in [5.41, 5.74) is 6.67. The number of allylic oxidation sites excluding steroid dienone is 1. The number of methoxy groups -OCH3 is 2. The van der Waals surface area contributed by atoms with Gasteiger partial charge in [0.25, 0.3) is 0 Å². The van der Waals surface area contributed by atoms with E-state index in [0.717, 1.165) is 0 Å². The van der Waals surface area contributed by atoms with Crippen LogP contribution in [0.5, 0.6) is 17.2 Å². The van der Waals surface area contributed by atoms with Gasteiger partial charge in [-0.25, -0.2) is 4.79 Å². The lowest BCUT2D eigenvalue weighted by Crippen LogP contribution is -2.26. The zero-order chi connectivity index (χ0) is 19.8. The number of hydrogen-bond acceptors (Lipinski definition) is 7. The van der Waals surface area contributed by atoms with Crippen molar-refractivity contribution < 1.29 is 18.6 Å². The fraction of sp³-hybridized carbons (Fsp3) is 0.143. The average molecular weight is 376 g/mol. The summed E-state index contributed by atoms with van der Waals surface area (Å²) in [6, 6.07) is 14.3. The lowest BCUT2D eigenvalue weighted by molar-refractivity contribution is 0.348. The van der Waals surface area contributed by atoms with Crippen molar-refractivity contribution in [2.24, 2.45) is 5.73 Å². The Morgan fingerprint density at radius 3 is 2.61 bits per heavy atom. The second-order valence-corrected chi connectivity index (χ2v) is 6.14. The van der Waals surface area contributed by atoms with E-state index in [-0.39, 0.29) is 22.8 Å². The van der Waals surface area contributed by atoms with Gasteiger partial charge in [-0.15, -0.1) is 0 Å². The summed E-state index contributed by atoms with van der Waals surface area (Å²) in [6.07, 6.45) is 0. The quantitative estimate of drug-likeness (QED) is 0.700. The summed E-state index contributed by atoms with van der Waals surface area (Å²) in [5, 5.41) is 10.3. The van der Waals surface area contributed by atoms with Gasteiger partial charge in [-0.2, -0.15) is 5.26 Å². The molecule has 0 fully saturated rings. The summed E-state index contributed by atoms with van der Waals surface area (Å²) in [6.45, 7) is 0. The number of nitriles is 1. The van der Waals surface area contributed by atoms with Crippen molar-refractivity contribution in [1.82, 2.24) is 0 Å². The highest BCUT2D eigenvalue weighted by Crippen LogP contribution is 2.47. The highest BCUT2D eigenvalue weighted by Gasteiger charge is 2.37. The Morgan fingerprint density at radius 2 is 1.89 bits per heavy atom. The van der Waals surface area contributed by atoms with E-state index in [0.29, 0.717) is 28.0 Å². The molecule has 0 saturated heterocycles. The third-order valence-electron chi connectivity index (χ3n) is 4.72. The van der Waals surface area contributed by atoms with E-state index >= 15 is 0 Å². The van der Waals surface area contributed by atoms with Crippen LogP contribution in [-0.2, 0) is 0 Å². The standard InChI is InChI=1S/C21H16N2O5/c1-25-15-9-5-7-12(18(15)26-2)16-13(10-22)20(23)28-19-11-6-3-4-8-14(11)27-21(24)17(16)19/h3-9,16H,23H2,1-2H3/t16-/m1/s1. The van der Waals surface area contributed by atoms with Gasteiger partial charge in [0, 0.05) is 5.56 Å². The van der Waals surface area contributed by atoms with E-state index in [2.05, 4.69) is 6.07 Å². The zero-order valence-electron chi connectivity index (χ0n) is 15.2. The molecule has 28 heavy (non-hydrogen) atoms. The minimum Gasteiger partial charge on any atom is -0.493 e. The van der Waals surface area contributed by atoms with Crippen LogP contribution < -0.4 is 25.6 Å². The molecule has 0 aliphatic carbocycles. The maximum Gasteiger partial charge on any atom is 0.344 e. The summed E-state index contributed by atoms with van der Waals surface area (Å²) in [7, 11) is 3.00. The third-order valence-corrected chi connectivity index (χ3v) is 4.72. The van der Waals surface area contributed by atoms with E-state index < -0.39 is 11.5 Å². The molecular formula is C21H16N2O5. The smallest absolute Gasteiger partial charge is 0.344 e. The van der Waals surface area contributed by atoms with Crippen LogP contribution in [0.2, 0.25) is 0 Å². The van der Waals surface area contributed by atoms with E-state index in [9.17, 15) is 10.1 Å². The van der Waals surface area contributed by atoms with Crippen molar-refractivity contribution in [3.05, 3.63) is 75.5 Å². The molecule has 4 rings (SSSR count). The Kier molecular flexibility index (Phi) is 4.17. The summed E-state index contributed by atoms with van der Waals surface area (Å²) in [4.78, 5) is 12.9. The second kappa shape index (κ2) is 6.67. The Labute approximate surface area is 160 Å². The number of ether oxygens (including phenoxy) is 3. The number of rotatable bonds is 3. The molecule has 7 nitrogen and oxygen atoms in total. The van der Waals surface area contributed by atoms with Gasteiger partial charge in [-0.3, -0.25) is 0 Å². The Morgan fingerprint density at radius 1 is 1.11 bits per heavy atom. The van der Waals surface area contributed by atoms with Gasteiger partial charge in [-0.05, 0) is 18.2 Å². The molecule has 3 aromatic rings. The molecule has 0 unspecified atom stereocenters. The van der Waals surface area contributed by atoms with Gasteiger partial charge in [0.15, 0.2) is 17.2 Å². The van der Waals surface area contributed by atoms with Crippen LogP contribution in [0.1, 0.15) is 17.0 Å². The molecule has 0 saturated carbocycles. The zero-order valence-corrected chi connectivity index (χ0v) is 15.2. The first-order valence-electron chi connectivity index (χ1n) is 8.45. The molecule has 0 spiro atoms. The number of nitrogens with two attached hydrogens (primary N) is 1. The number of benzene rings is 2. The molecular weight excluding hydrogens is 360 g/mol. The van der Waals surface area contributed by atoms with Gasteiger partial charge < -0.3 is 24.4 Å².